The second-order valence-electron chi connectivity index (χ2n) is 3.15. The SMILES string of the molecule is Fc1ccc(Cc2nnc(CCl)o2)cc1F. The van der Waals surface area contributed by atoms with Gasteiger partial charge in [-0.05, 0) is 17.7 Å². The highest BCUT2D eigenvalue weighted by Gasteiger charge is 2.08. The number of hydrogen-bond acceptors (Lipinski definition) is 3. The van der Waals surface area contributed by atoms with Gasteiger partial charge in [-0.1, -0.05) is 6.07 Å². The Morgan fingerprint density at radius 1 is 1.12 bits per heavy atom. The molecular weight excluding hydrogens is 238 g/mol. The van der Waals surface area contributed by atoms with E-state index < -0.39 is 11.6 Å². The van der Waals surface area contributed by atoms with Gasteiger partial charge in [0.15, 0.2) is 11.6 Å². The third-order valence-electron chi connectivity index (χ3n) is 1.96. The molecule has 0 aliphatic heterocycles. The van der Waals surface area contributed by atoms with Crippen molar-refractivity contribution in [2.45, 2.75) is 12.3 Å². The van der Waals surface area contributed by atoms with E-state index in [4.69, 9.17) is 16.0 Å². The number of aromatic nitrogens is 2. The molecule has 0 aliphatic carbocycles. The van der Waals surface area contributed by atoms with Gasteiger partial charge in [-0.3, -0.25) is 0 Å². The van der Waals surface area contributed by atoms with Crippen molar-refractivity contribution in [3.8, 4) is 0 Å². The van der Waals surface area contributed by atoms with Gasteiger partial charge in [0, 0.05) is 0 Å². The van der Waals surface area contributed by atoms with Crippen LogP contribution in [0.5, 0.6) is 0 Å². The van der Waals surface area contributed by atoms with E-state index in [9.17, 15) is 8.78 Å². The van der Waals surface area contributed by atoms with E-state index in [1.807, 2.05) is 0 Å². The maximum absolute atomic E-state index is 12.9. The van der Waals surface area contributed by atoms with Gasteiger partial charge in [-0.2, -0.15) is 0 Å². The number of nitrogens with zero attached hydrogens (tertiary/aromatic N) is 2. The largest absolute Gasteiger partial charge is 0.424 e. The Morgan fingerprint density at radius 3 is 2.50 bits per heavy atom. The first-order chi connectivity index (χ1) is 7.69. The van der Waals surface area contributed by atoms with Gasteiger partial charge >= 0.3 is 0 Å². The minimum atomic E-state index is -0.894. The Bertz CT molecular complexity index is 501. The predicted octanol–water partition coefficient (Wildman–Crippen LogP) is 2.68. The molecule has 1 heterocycles. The van der Waals surface area contributed by atoms with E-state index in [0.717, 1.165) is 12.1 Å². The molecule has 0 unspecified atom stereocenters. The molecule has 0 saturated carbocycles. The fourth-order valence-corrected chi connectivity index (χ4v) is 1.35. The Hall–Kier alpha value is -1.49. The maximum Gasteiger partial charge on any atom is 0.231 e. The highest BCUT2D eigenvalue weighted by molar-refractivity contribution is 6.16. The molecule has 1 aromatic carbocycles. The lowest BCUT2D eigenvalue weighted by atomic mass is 10.1. The molecule has 0 amide bonds. The molecule has 3 nitrogen and oxygen atoms in total. The molecule has 0 radical (unpaired) electrons. The Labute approximate surface area is 95.1 Å². The molecule has 0 saturated heterocycles. The summed E-state index contributed by atoms with van der Waals surface area (Å²) in [5, 5.41) is 7.37. The second kappa shape index (κ2) is 4.57. The van der Waals surface area contributed by atoms with E-state index in [1.54, 1.807) is 0 Å². The normalized spacial score (nSPS) is 10.7. The second-order valence-corrected chi connectivity index (χ2v) is 3.42. The van der Waals surface area contributed by atoms with Crippen molar-refractivity contribution in [3.05, 3.63) is 47.2 Å². The summed E-state index contributed by atoms with van der Waals surface area (Å²) in [7, 11) is 0. The van der Waals surface area contributed by atoms with Crippen LogP contribution in [-0.4, -0.2) is 10.2 Å². The van der Waals surface area contributed by atoms with Gasteiger partial charge in [0.05, 0.1) is 6.42 Å². The van der Waals surface area contributed by atoms with Gasteiger partial charge in [0.1, 0.15) is 5.88 Å². The lowest BCUT2D eigenvalue weighted by molar-refractivity contribution is 0.471. The highest BCUT2D eigenvalue weighted by atomic mass is 35.5. The van der Waals surface area contributed by atoms with Crippen LogP contribution in [0.4, 0.5) is 8.78 Å². The van der Waals surface area contributed by atoms with Gasteiger partial charge in [-0.15, -0.1) is 21.8 Å². The molecule has 0 bridgehead atoms. The fourth-order valence-electron chi connectivity index (χ4n) is 1.24. The van der Waals surface area contributed by atoms with Crippen LogP contribution in [0.15, 0.2) is 22.6 Å². The smallest absolute Gasteiger partial charge is 0.231 e. The molecule has 84 valence electrons. The highest BCUT2D eigenvalue weighted by Crippen LogP contribution is 2.13. The van der Waals surface area contributed by atoms with Crippen molar-refractivity contribution in [1.29, 1.82) is 0 Å². The minimum Gasteiger partial charge on any atom is -0.424 e. The zero-order valence-electron chi connectivity index (χ0n) is 8.08. The van der Waals surface area contributed by atoms with Crippen molar-refractivity contribution in [2.75, 3.05) is 0 Å². The summed E-state index contributed by atoms with van der Waals surface area (Å²) in [6, 6.07) is 3.62. The molecule has 6 heteroatoms. The standard InChI is InChI=1S/C10H7ClF2N2O/c11-5-10-15-14-9(16-10)4-6-1-2-7(12)8(13)3-6/h1-3H,4-5H2. The molecule has 2 aromatic rings. The van der Waals surface area contributed by atoms with Crippen molar-refractivity contribution in [2.24, 2.45) is 0 Å². The van der Waals surface area contributed by atoms with Gasteiger partial charge in [0.25, 0.3) is 0 Å². The number of hydrogen-bond donors (Lipinski definition) is 0. The van der Waals surface area contributed by atoms with E-state index in [0.29, 0.717) is 17.3 Å². The summed E-state index contributed by atoms with van der Waals surface area (Å²) in [5.74, 6) is -1.02. The predicted molar refractivity (Wildman–Crippen MR) is 53.0 cm³/mol. The summed E-state index contributed by atoms with van der Waals surface area (Å²) in [4.78, 5) is 0. The van der Waals surface area contributed by atoms with Crippen LogP contribution in [0, 0.1) is 11.6 Å². The molecule has 0 atom stereocenters. The van der Waals surface area contributed by atoms with Gasteiger partial charge in [0.2, 0.25) is 11.8 Å². The van der Waals surface area contributed by atoms with Crippen LogP contribution < -0.4 is 0 Å². The van der Waals surface area contributed by atoms with Crippen molar-refractivity contribution < 1.29 is 13.2 Å². The van der Waals surface area contributed by atoms with Gasteiger partial charge < -0.3 is 4.42 Å². The summed E-state index contributed by atoms with van der Waals surface area (Å²) < 4.78 is 30.7. The Morgan fingerprint density at radius 2 is 1.88 bits per heavy atom. The van der Waals surface area contributed by atoms with E-state index in [2.05, 4.69) is 10.2 Å². The summed E-state index contributed by atoms with van der Waals surface area (Å²) in [6.45, 7) is 0. The van der Waals surface area contributed by atoms with Crippen LogP contribution in [0.2, 0.25) is 0 Å². The third kappa shape index (κ3) is 2.36. The lowest BCUT2D eigenvalue weighted by Gasteiger charge is -1.97. The number of halogens is 3. The monoisotopic (exact) mass is 244 g/mol. The summed E-state index contributed by atoms with van der Waals surface area (Å²) in [6.07, 6.45) is 0.251. The van der Waals surface area contributed by atoms with Crippen LogP contribution in [0.1, 0.15) is 17.3 Å². The minimum absolute atomic E-state index is 0.130. The average Bonchev–Trinajstić information content (AvgIpc) is 2.71. The number of rotatable bonds is 3. The fraction of sp³-hybridized carbons (Fsp3) is 0.200. The summed E-state index contributed by atoms with van der Waals surface area (Å²) >= 11 is 5.48. The Kier molecular flexibility index (Phi) is 3.14. The first kappa shape index (κ1) is 11.0. The van der Waals surface area contributed by atoms with Crippen molar-refractivity contribution in [1.82, 2.24) is 10.2 Å². The first-order valence-corrected chi connectivity index (χ1v) is 5.03. The van der Waals surface area contributed by atoms with Crippen LogP contribution in [0.25, 0.3) is 0 Å². The lowest BCUT2D eigenvalue weighted by Crippen LogP contribution is -1.91. The van der Waals surface area contributed by atoms with Crippen molar-refractivity contribution >= 4 is 11.6 Å². The van der Waals surface area contributed by atoms with Crippen molar-refractivity contribution in [3.63, 3.8) is 0 Å². The third-order valence-corrected chi connectivity index (χ3v) is 2.19. The van der Waals surface area contributed by atoms with E-state index >= 15 is 0 Å². The molecule has 0 spiro atoms. The van der Waals surface area contributed by atoms with Gasteiger partial charge in [-0.25, -0.2) is 8.78 Å². The molecule has 0 fully saturated rings. The first-order valence-electron chi connectivity index (χ1n) is 4.50. The molecule has 0 aliphatic rings. The molecule has 2 rings (SSSR count). The molecule has 16 heavy (non-hydrogen) atoms. The maximum atomic E-state index is 12.9. The van der Waals surface area contributed by atoms with E-state index in [1.165, 1.54) is 6.07 Å². The number of alkyl halides is 1. The molecule has 1 aromatic heterocycles. The Balaban J connectivity index is 2.17. The zero-order valence-corrected chi connectivity index (χ0v) is 8.84. The van der Waals surface area contributed by atoms with Crippen LogP contribution >= 0.6 is 11.6 Å². The quantitative estimate of drug-likeness (QED) is 0.780. The van der Waals surface area contributed by atoms with E-state index in [-0.39, 0.29) is 12.3 Å². The molecular formula is C10H7ClF2N2O. The summed E-state index contributed by atoms with van der Waals surface area (Å²) in [5.41, 5.74) is 0.559. The van der Waals surface area contributed by atoms with Crippen LogP contribution in [-0.2, 0) is 12.3 Å². The average molecular weight is 245 g/mol. The topological polar surface area (TPSA) is 38.9 Å². The van der Waals surface area contributed by atoms with Crippen LogP contribution in [0.3, 0.4) is 0 Å². The molecule has 0 N–H and O–H groups in total. The number of benzene rings is 1. The zero-order chi connectivity index (χ0) is 11.5.